The second-order valence-electron chi connectivity index (χ2n) is 5.88. The molecule has 1 aromatic rings. The van der Waals surface area contributed by atoms with Crippen molar-refractivity contribution in [3.8, 4) is 5.75 Å². The molecule has 1 fully saturated rings. The van der Waals surface area contributed by atoms with Gasteiger partial charge in [0.25, 0.3) is 0 Å². The molecule has 0 radical (unpaired) electrons. The van der Waals surface area contributed by atoms with Gasteiger partial charge in [-0.3, -0.25) is 14.6 Å². The van der Waals surface area contributed by atoms with E-state index in [1.54, 1.807) is 25.3 Å². The number of hydrogen-bond donors (Lipinski definition) is 1. The molecule has 0 aliphatic carbocycles. The number of carbonyl (C=O) groups is 1. The Bertz CT molecular complexity index is 552. The van der Waals surface area contributed by atoms with E-state index < -0.39 is 0 Å². The average molecular weight is 390 g/mol. The van der Waals surface area contributed by atoms with Gasteiger partial charge in [0.05, 0.1) is 18.2 Å². The summed E-state index contributed by atoms with van der Waals surface area (Å²) >= 11 is 12.0. The summed E-state index contributed by atoms with van der Waals surface area (Å²) < 4.78 is 10.6. The minimum Gasteiger partial charge on any atom is -0.491 e. The average Bonchev–Trinajstić information content (AvgIpc) is 2.58. The summed E-state index contributed by atoms with van der Waals surface area (Å²) in [5.74, 6) is 0.698. The Morgan fingerprint density at radius 2 is 1.88 bits per heavy atom. The molecule has 0 spiro atoms. The fourth-order valence-corrected chi connectivity index (χ4v) is 3.06. The SMILES string of the molecule is COCCNC(=O)CN1CCN(CCOc2ccc(Cl)cc2Cl)CC1. The number of piperazine rings is 1. The molecule has 8 heteroatoms. The van der Waals surface area contributed by atoms with Crippen LogP contribution >= 0.6 is 23.2 Å². The highest BCUT2D eigenvalue weighted by molar-refractivity contribution is 6.35. The molecule has 1 heterocycles. The van der Waals surface area contributed by atoms with Crippen LogP contribution in [0, 0.1) is 0 Å². The lowest BCUT2D eigenvalue weighted by Gasteiger charge is -2.34. The number of carbonyl (C=O) groups excluding carboxylic acids is 1. The van der Waals surface area contributed by atoms with Crippen LogP contribution in [0.5, 0.6) is 5.75 Å². The number of halogens is 2. The van der Waals surface area contributed by atoms with Crippen LogP contribution in [-0.4, -0.2) is 81.8 Å². The maximum Gasteiger partial charge on any atom is 0.234 e. The maximum atomic E-state index is 11.8. The quantitative estimate of drug-likeness (QED) is 0.652. The van der Waals surface area contributed by atoms with Crippen molar-refractivity contribution in [3.63, 3.8) is 0 Å². The molecule has 1 N–H and O–H groups in total. The Labute approximate surface area is 159 Å². The van der Waals surface area contributed by atoms with Crippen LogP contribution in [0.2, 0.25) is 10.0 Å². The lowest BCUT2D eigenvalue weighted by Crippen LogP contribution is -2.50. The van der Waals surface area contributed by atoms with Gasteiger partial charge in [0.15, 0.2) is 0 Å². The minimum absolute atomic E-state index is 0.0474. The number of amides is 1. The van der Waals surface area contributed by atoms with Crippen molar-refractivity contribution in [1.29, 1.82) is 0 Å². The van der Waals surface area contributed by atoms with Crippen molar-refractivity contribution in [2.45, 2.75) is 0 Å². The predicted octanol–water partition coefficient (Wildman–Crippen LogP) is 1.75. The Hall–Kier alpha value is -1.05. The summed E-state index contributed by atoms with van der Waals surface area (Å²) in [5.41, 5.74) is 0. The Balaban J connectivity index is 1.61. The fraction of sp³-hybridized carbons (Fsp3) is 0.588. The molecule has 1 saturated heterocycles. The lowest BCUT2D eigenvalue weighted by atomic mass is 10.3. The summed E-state index contributed by atoms with van der Waals surface area (Å²) in [5, 5.41) is 3.96. The molecule has 0 saturated carbocycles. The Kier molecular flexibility index (Phi) is 8.78. The van der Waals surface area contributed by atoms with E-state index in [4.69, 9.17) is 32.7 Å². The van der Waals surface area contributed by atoms with Crippen LogP contribution in [0.15, 0.2) is 18.2 Å². The highest BCUT2D eigenvalue weighted by Crippen LogP contribution is 2.27. The van der Waals surface area contributed by atoms with Crippen molar-refractivity contribution >= 4 is 29.1 Å². The van der Waals surface area contributed by atoms with Gasteiger partial charge in [-0.15, -0.1) is 0 Å². The summed E-state index contributed by atoms with van der Waals surface area (Å²) in [4.78, 5) is 16.3. The minimum atomic E-state index is 0.0474. The molecule has 6 nitrogen and oxygen atoms in total. The number of nitrogens with one attached hydrogen (secondary N) is 1. The number of nitrogens with zero attached hydrogens (tertiary/aromatic N) is 2. The third-order valence-electron chi connectivity index (χ3n) is 4.02. The molecule has 1 aliphatic rings. The van der Waals surface area contributed by atoms with Gasteiger partial charge in [0.1, 0.15) is 12.4 Å². The van der Waals surface area contributed by atoms with Gasteiger partial charge >= 0.3 is 0 Å². The topological polar surface area (TPSA) is 54.0 Å². The van der Waals surface area contributed by atoms with E-state index in [-0.39, 0.29) is 5.91 Å². The molecular weight excluding hydrogens is 365 g/mol. The van der Waals surface area contributed by atoms with Gasteiger partial charge in [0, 0.05) is 51.4 Å². The number of methoxy groups -OCH3 is 1. The van der Waals surface area contributed by atoms with Crippen LogP contribution < -0.4 is 10.1 Å². The Morgan fingerprint density at radius 3 is 2.56 bits per heavy atom. The standard InChI is InChI=1S/C17H25Cl2N3O3/c1-24-10-4-20-17(23)13-22-7-5-21(6-8-22)9-11-25-16-3-2-14(18)12-15(16)19/h2-3,12H,4-11,13H2,1H3,(H,20,23). The van der Waals surface area contributed by atoms with Gasteiger partial charge < -0.3 is 14.8 Å². The van der Waals surface area contributed by atoms with Crippen molar-refractivity contribution in [3.05, 3.63) is 28.2 Å². The molecule has 0 atom stereocenters. The zero-order chi connectivity index (χ0) is 18.1. The molecular formula is C17H25Cl2N3O3. The van der Waals surface area contributed by atoms with E-state index >= 15 is 0 Å². The molecule has 0 bridgehead atoms. The normalized spacial score (nSPS) is 16.0. The van der Waals surface area contributed by atoms with Crippen LogP contribution in [0.3, 0.4) is 0 Å². The largest absolute Gasteiger partial charge is 0.491 e. The van der Waals surface area contributed by atoms with Crippen LogP contribution in [0.1, 0.15) is 0 Å². The molecule has 1 amide bonds. The molecule has 25 heavy (non-hydrogen) atoms. The summed E-state index contributed by atoms with van der Waals surface area (Å²) in [6.07, 6.45) is 0. The van der Waals surface area contributed by atoms with Gasteiger partial charge in [-0.1, -0.05) is 23.2 Å². The van der Waals surface area contributed by atoms with Gasteiger partial charge in [0.2, 0.25) is 5.91 Å². The summed E-state index contributed by atoms with van der Waals surface area (Å²) in [7, 11) is 1.62. The molecule has 0 aromatic heterocycles. The first-order valence-electron chi connectivity index (χ1n) is 8.36. The lowest BCUT2D eigenvalue weighted by molar-refractivity contribution is -0.122. The van der Waals surface area contributed by atoms with E-state index in [9.17, 15) is 4.79 Å². The first-order chi connectivity index (χ1) is 12.1. The molecule has 140 valence electrons. The van der Waals surface area contributed by atoms with Gasteiger partial charge in [-0.25, -0.2) is 0 Å². The maximum absolute atomic E-state index is 11.8. The zero-order valence-corrected chi connectivity index (χ0v) is 16.0. The van der Waals surface area contributed by atoms with E-state index in [1.165, 1.54) is 0 Å². The first kappa shape index (κ1) is 20.3. The highest BCUT2D eigenvalue weighted by atomic mass is 35.5. The number of ether oxygens (including phenoxy) is 2. The third-order valence-corrected chi connectivity index (χ3v) is 4.55. The van der Waals surface area contributed by atoms with Crippen LogP contribution in [0.4, 0.5) is 0 Å². The highest BCUT2D eigenvalue weighted by Gasteiger charge is 2.18. The second kappa shape index (κ2) is 10.8. The van der Waals surface area contributed by atoms with E-state index in [1.807, 2.05) is 0 Å². The van der Waals surface area contributed by atoms with Crippen LogP contribution in [0.25, 0.3) is 0 Å². The predicted molar refractivity (Wildman–Crippen MR) is 99.7 cm³/mol. The third kappa shape index (κ3) is 7.38. The van der Waals surface area contributed by atoms with E-state index in [0.29, 0.717) is 42.1 Å². The van der Waals surface area contributed by atoms with E-state index in [0.717, 1.165) is 32.7 Å². The number of benzene rings is 1. The monoisotopic (exact) mass is 389 g/mol. The second-order valence-corrected chi connectivity index (χ2v) is 6.73. The first-order valence-corrected chi connectivity index (χ1v) is 9.12. The number of rotatable bonds is 9. The molecule has 1 aromatic carbocycles. The van der Waals surface area contributed by atoms with Gasteiger partial charge in [-0.05, 0) is 18.2 Å². The smallest absolute Gasteiger partial charge is 0.234 e. The van der Waals surface area contributed by atoms with Crippen molar-refractivity contribution in [2.24, 2.45) is 0 Å². The Morgan fingerprint density at radius 1 is 1.16 bits per heavy atom. The van der Waals surface area contributed by atoms with Crippen molar-refractivity contribution in [2.75, 3.05) is 66.1 Å². The zero-order valence-electron chi connectivity index (χ0n) is 14.5. The summed E-state index contributed by atoms with van der Waals surface area (Å²) in [6.45, 7) is 6.52. The molecule has 1 aliphatic heterocycles. The van der Waals surface area contributed by atoms with E-state index in [2.05, 4.69) is 15.1 Å². The molecule has 2 rings (SSSR count). The molecule has 0 unspecified atom stereocenters. The number of hydrogen-bond acceptors (Lipinski definition) is 5. The van der Waals surface area contributed by atoms with Crippen molar-refractivity contribution < 1.29 is 14.3 Å². The van der Waals surface area contributed by atoms with Gasteiger partial charge in [-0.2, -0.15) is 0 Å². The fourth-order valence-electron chi connectivity index (χ4n) is 2.60. The van der Waals surface area contributed by atoms with Crippen LogP contribution in [-0.2, 0) is 9.53 Å². The van der Waals surface area contributed by atoms with Crippen molar-refractivity contribution in [1.82, 2.24) is 15.1 Å². The summed E-state index contributed by atoms with van der Waals surface area (Å²) in [6, 6.07) is 5.22.